The van der Waals surface area contributed by atoms with Crippen molar-refractivity contribution in [2.24, 2.45) is 5.73 Å². The maximum absolute atomic E-state index is 11.9. The van der Waals surface area contributed by atoms with Gasteiger partial charge in [-0.1, -0.05) is 0 Å². The Morgan fingerprint density at radius 1 is 1.30 bits per heavy atom. The van der Waals surface area contributed by atoms with Gasteiger partial charge in [0.1, 0.15) is 11.5 Å². The van der Waals surface area contributed by atoms with Gasteiger partial charge in [-0.25, -0.2) is 4.79 Å². The highest BCUT2D eigenvalue weighted by Crippen LogP contribution is 2.28. The Bertz CT molecular complexity index is 490. The van der Waals surface area contributed by atoms with E-state index in [0.717, 1.165) is 0 Å². The van der Waals surface area contributed by atoms with Crippen LogP contribution >= 0.6 is 0 Å². The molecule has 0 radical (unpaired) electrons. The van der Waals surface area contributed by atoms with Gasteiger partial charge in [0.05, 0.1) is 26.5 Å². The van der Waals surface area contributed by atoms with Crippen molar-refractivity contribution in [2.75, 3.05) is 26.1 Å². The first kappa shape index (κ1) is 15.8. The molecule has 0 aliphatic carbocycles. The standard InChI is InChI=1S/C13H18N2O5/c1-4-20-13(17)11(14)12(16)15-9-7-8(18-2)5-6-10(9)19-3/h5-7,11H,4,14H2,1-3H3,(H,15,16). The number of carbonyl (C=O) groups is 2. The number of hydrogen-bond donors (Lipinski definition) is 2. The lowest BCUT2D eigenvalue weighted by Gasteiger charge is -2.14. The fraction of sp³-hybridized carbons (Fsp3) is 0.385. The van der Waals surface area contributed by atoms with Gasteiger partial charge < -0.3 is 25.3 Å². The van der Waals surface area contributed by atoms with Gasteiger partial charge in [-0.3, -0.25) is 4.79 Å². The smallest absolute Gasteiger partial charge is 0.332 e. The van der Waals surface area contributed by atoms with Crippen LogP contribution in [0.2, 0.25) is 0 Å². The highest BCUT2D eigenvalue weighted by molar-refractivity contribution is 6.08. The first-order chi connectivity index (χ1) is 9.53. The molecule has 20 heavy (non-hydrogen) atoms. The number of esters is 1. The van der Waals surface area contributed by atoms with Crippen LogP contribution in [-0.2, 0) is 14.3 Å². The lowest BCUT2D eigenvalue weighted by Crippen LogP contribution is -2.43. The van der Waals surface area contributed by atoms with Gasteiger partial charge in [0.2, 0.25) is 0 Å². The molecule has 0 aliphatic rings. The summed E-state index contributed by atoms with van der Waals surface area (Å²) in [7, 11) is 2.96. The van der Waals surface area contributed by atoms with Gasteiger partial charge in [-0.05, 0) is 19.1 Å². The lowest BCUT2D eigenvalue weighted by atomic mass is 10.2. The van der Waals surface area contributed by atoms with E-state index in [-0.39, 0.29) is 6.61 Å². The third-order valence-corrected chi connectivity index (χ3v) is 2.49. The number of rotatable bonds is 6. The lowest BCUT2D eigenvalue weighted by molar-refractivity contribution is -0.146. The Balaban J connectivity index is 2.86. The predicted octanol–water partition coefficient (Wildman–Crippen LogP) is 0.533. The normalized spacial score (nSPS) is 11.4. The Hall–Kier alpha value is -2.28. The monoisotopic (exact) mass is 282 g/mol. The van der Waals surface area contributed by atoms with Crippen LogP contribution in [0.4, 0.5) is 5.69 Å². The molecule has 0 saturated heterocycles. The number of ether oxygens (including phenoxy) is 3. The zero-order valence-corrected chi connectivity index (χ0v) is 11.6. The summed E-state index contributed by atoms with van der Waals surface area (Å²) in [5.41, 5.74) is 5.86. The summed E-state index contributed by atoms with van der Waals surface area (Å²) in [6, 6.07) is 3.48. The topological polar surface area (TPSA) is 99.9 Å². The minimum absolute atomic E-state index is 0.155. The van der Waals surface area contributed by atoms with Gasteiger partial charge >= 0.3 is 5.97 Å². The molecule has 0 heterocycles. The molecule has 0 spiro atoms. The van der Waals surface area contributed by atoms with Crippen molar-refractivity contribution < 1.29 is 23.8 Å². The molecule has 3 N–H and O–H groups in total. The number of methoxy groups -OCH3 is 2. The fourth-order valence-electron chi connectivity index (χ4n) is 1.46. The molecule has 1 unspecified atom stereocenters. The van der Waals surface area contributed by atoms with Crippen LogP contribution in [0, 0.1) is 0 Å². The Morgan fingerprint density at radius 2 is 2.00 bits per heavy atom. The van der Waals surface area contributed by atoms with E-state index < -0.39 is 17.9 Å². The van der Waals surface area contributed by atoms with Crippen molar-refractivity contribution >= 4 is 17.6 Å². The summed E-state index contributed by atoms with van der Waals surface area (Å²) in [4.78, 5) is 23.3. The van der Waals surface area contributed by atoms with Gasteiger partial charge in [0, 0.05) is 6.07 Å². The molecule has 1 atom stereocenters. The second-order valence-electron chi connectivity index (χ2n) is 3.79. The van der Waals surface area contributed by atoms with Crippen molar-refractivity contribution in [3.63, 3.8) is 0 Å². The van der Waals surface area contributed by atoms with Crippen LogP contribution in [0.15, 0.2) is 18.2 Å². The van der Waals surface area contributed by atoms with Crippen molar-refractivity contribution in [3.05, 3.63) is 18.2 Å². The average Bonchev–Trinajstić information content (AvgIpc) is 2.46. The maximum Gasteiger partial charge on any atom is 0.332 e. The van der Waals surface area contributed by atoms with Crippen molar-refractivity contribution in [1.29, 1.82) is 0 Å². The number of nitrogens with two attached hydrogens (primary N) is 1. The highest BCUT2D eigenvalue weighted by Gasteiger charge is 2.24. The Kier molecular flexibility index (Phi) is 5.79. The van der Waals surface area contributed by atoms with E-state index in [1.807, 2.05) is 0 Å². The van der Waals surface area contributed by atoms with Crippen molar-refractivity contribution in [3.8, 4) is 11.5 Å². The van der Waals surface area contributed by atoms with Crippen LogP contribution < -0.4 is 20.5 Å². The van der Waals surface area contributed by atoms with E-state index in [1.54, 1.807) is 25.1 Å². The van der Waals surface area contributed by atoms with E-state index in [2.05, 4.69) is 10.1 Å². The summed E-state index contributed by atoms with van der Waals surface area (Å²) >= 11 is 0. The summed E-state index contributed by atoms with van der Waals surface area (Å²) in [6.07, 6.45) is 0. The molecular weight excluding hydrogens is 264 g/mol. The molecule has 1 aromatic rings. The zero-order valence-electron chi connectivity index (χ0n) is 11.6. The van der Waals surface area contributed by atoms with Crippen molar-refractivity contribution in [1.82, 2.24) is 0 Å². The molecule has 0 bridgehead atoms. The molecule has 0 aliphatic heterocycles. The molecule has 110 valence electrons. The number of nitrogens with one attached hydrogen (secondary N) is 1. The van der Waals surface area contributed by atoms with Crippen LogP contribution in [-0.4, -0.2) is 38.7 Å². The summed E-state index contributed by atoms with van der Waals surface area (Å²) < 4.78 is 14.8. The third kappa shape index (κ3) is 3.86. The van der Waals surface area contributed by atoms with Gasteiger partial charge in [-0.15, -0.1) is 0 Å². The molecule has 0 fully saturated rings. The van der Waals surface area contributed by atoms with Crippen molar-refractivity contribution in [2.45, 2.75) is 13.0 Å². The summed E-state index contributed by atoms with van der Waals surface area (Å²) in [5.74, 6) is -0.511. The van der Waals surface area contributed by atoms with E-state index in [9.17, 15) is 9.59 Å². The molecule has 1 amide bonds. The van der Waals surface area contributed by atoms with E-state index >= 15 is 0 Å². The predicted molar refractivity (Wildman–Crippen MR) is 72.8 cm³/mol. The quantitative estimate of drug-likeness (QED) is 0.583. The van der Waals surface area contributed by atoms with Crippen LogP contribution in [0.25, 0.3) is 0 Å². The molecule has 1 rings (SSSR count). The molecule has 1 aromatic carbocycles. The van der Waals surface area contributed by atoms with Crippen LogP contribution in [0.3, 0.4) is 0 Å². The second-order valence-corrected chi connectivity index (χ2v) is 3.79. The first-order valence-corrected chi connectivity index (χ1v) is 5.98. The number of amides is 1. The van der Waals surface area contributed by atoms with Crippen LogP contribution in [0.5, 0.6) is 11.5 Å². The Morgan fingerprint density at radius 3 is 2.55 bits per heavy atom. The largest absolute Gasteiger partial charge is 0.497 e. The van der Waals surface area contributed by atoms with E-state index in [4.69, 9.17) is 15.2 Å². The van der Waals surface area contributed by atoms with Gasteiger partial charge in [-0.2, -0.15) is 0 Å². The SMILES string of the molecule is CCOC(=O)C(N)C(=O)Nc1cc(OC)ccc1OC. The van der Waals surface area contributed by atoms with Crippen LogP contribution in [0.1, 0.15) is 6.92 Å². The highest BCUT2D eigenvalue weighted by atomic mass is 16.5. The number of hydrogen-bond acceptors (Lipinski definition) is 6. The number of benzene rings is 1. The zero-order chi connectivity index (χ0) is 15.1. The average molecular weight is 282 g/mol. The maximum atomic E-state index is 11.9. The van der Waals surface area contributed by atoms with Gasteiger partial charge in [0.25, 0.3) is 5.91 Å². The van der Waals surface area contributed by atoms with Gasteiger partial charge in [0.15, 0.2) is 6.04 Å². The molecule has 0 saturated carbocycles. The van der Waals surface area contributed by atoms with E-state index in [0.29, 0.717) is 17.2 Å². The van der Waals surface area contributed by atoms with E-state index in [1.165, 1.54) is 14.2 Å². The molecule has 0 aromatic heterocycles. The summed E-state index contributed by atoms with van der Waals surface area (Å²) in [5, 5.41) is 2.51. The number of carbonyl (C=O) groups excluding carboxylic acids is 2. The third-order valence-electron chi connectivity index (χ3n) is 2.49. The first-order valence-electron chi connectivity index (χ1n) is 5.98. The fourth-order valence-corrected chi connectivity index (χ4v) is 1.46. The minimum Gasteiger partial charge on any atom is -0.497 e. The molecular formula is C13H18N2O5. The number of anilines is 1. The molecule has 7 nitrogen and oxygen atoms in total. The Labute approximate surface area is 117 Å². The second kappa shape index (κ2) is 7.34. The molecule has 7 heteroatoms. The summed E-state index contributed by atoms with van der Waals surface area (Å²) in [6.45, 7) is 1.79. The minimum atomic E-state index is -1.40.